The third-order valence-electron chi connectivity index (χ3n) is 2.56. The molecular formula is C14H13Br2FN2O. The molecule has 0 aliphatic heterocycles. The Bertz CT molecular complexity index is 509. The van der Waals surface area contributed by atoms with E-state index in [1.54, 1.807) is 12.3 Å². The van der Waals surface area contributed by atoms with E-state index in [1.807, 2.05) is 12.1 Å². The van der Waals surface area contributed by atoms with E-state index in [0.717, 1.165) is 27.4 Å². The van der Waals surface area contributed by atoms with E-state index in [2.05, 4.69) is 41.8 Å². The van der Waals surface area contributed by atoms with Gasteiger partial charge in [0.2, 0.25) is 11.8 Å². The molecule has 6 heteroatoms. The van der Waals surface area contributed by atoms with Crippen molar-refractivity contribution in [3.63, 3.8) is 0 Å². The molecule has 0 aromatic carbocycles. The summed E-state index contributed by atoms with van der Waals surface area (Å²) >= 11 is 6.44. The van der Waals surface area contributed by atoms with E-state index in [0.29, 0.717) is 0 Å². The highest BCUT2D eigenvalue weighted by Crippen LogP contribution is 2.29. The molecule has 2 heterocycles. The van der Waals surface area contributed by atoms with Gasteiger partial charge in [-0.1, -0.05) is 0 Å². The van der Waals surface area contributed by atoms with Gasteiger partial charge < -0.3 is 4.74 Å². The summed E-state index contributed by atoms with van der Waals surface area (Å²) in [7, 11) is 0. The highest BCUT2D eigenvalue weighted by molar-refractivity contribution is 9.10. The maximum absolute atomic E-state index is 12.0. The fraction of sp³-hybridized carbons (Fsp3) is 0.286. The first-order valence-corrected chi connectivity index (χ1v) is 7.73. The Morgan fingerprint density at radius 2 is 1.70 bits per heavy atom. The number of ether oxygens (including phenoxy) is 1. The second kappa shape index (κ2) is 7.69. The molecule has 3 nitrogen and oxygen atoms in total. The molecule has 0 spiro atoms. The van der Waals surface area contributed by atoms with Gasteiger partial charge in [0.25, 0.3) is 0 Å². The van der Waals surface area contributed by atoms with Gasteiger partial charge in [-0.3, -0.25) is 0 Å². The van der Waals surface area contributed by atoms with Crippen LogP contribution in [-0.2, 0) is 0 Å². The van der Waals surface area contributed by atoms with E-state index in [1.165, 1.54) is 25.1 Å². The van der Waals surface area contributed by atoms with Gasteiger partial charge in [-0.25, -0.2) is 9.97 Å². The van der Waals surface area contributed by atoms with E-state index < -0.39 is 5.95 Å². The first kappa shape index (κ1) is 15.4. The van der Waals surface area contributed by atoms with Crippen LogP contribution in [0.2, 0.25) is 0 Å². The third kappa shape index (κ3) is 5.96. The molecule has 0 radical (unpaired) electrons. The molecule has 0 unspecified atom stereocenters. The topological polar surface area (TPSA) is 35.0 Å². The molecule has 106 valence electrons. The Kier molecular flexibility index (Phi) is 5.91. The van der Waals surface area contributed by atoms with Crippen LogP contribution in [0.5, 0.6) is 5.88 Å². The van der Waals surface area contributed by atoms with Crippen LogP contribution in [0.3, 0.4) is 0 Å². The van der Waals surface area contributed by atoms with Crippen molar-refractivity contribution < 1.29 is 9.13 Å². The molecule has 1 saturated carbocycles. The van der Waals surface area contributed by atoms with Crippen molar-refractivity contribution in [1.29, 1.82) is 0 Å². The Labute approximate surface area is 133 Å². The first-order valence-electron chi connectivity index (χ1n) is 6.15. The maximum atomic E-state index is 12.0. The minimum atomic E-state index is -0.451. The summed E-state index contributed by atoms with van der Waals surface area (Å²) in [6.45, 7) is 0.828. The lowest BCUT2D eigenvalue weighted by atomic mass is 10.4. The second-order valence-corrected chi connectivity index (χ2v) is 6.20. The molecule has 2 aromatic rings. The number of halogens is 3. The lowest BCUT2D eigenvalue weighted by Gasteiger charge is -2.02. The minimum absolute atomic E-state index is 0.451. The number of nitrogens with zero attached hydrogens (tertiary/aromatic N) is 2. The maximum Gasteiger partial charge on any atom is 0.213 e. The predicted octanol–water partition coefficient (Wildman–Crippen LogP) is 4.62. The van der Waals surface area contributed by atoms with Gasteiger partial charge in [0.15, 0.2) is 0 Å². The van der Waals surface area contributed by atoms with Gasteiger partial charge in [-0.2, -0.15) is 4.39 Å². The van der Waals surface area contributed by atoms with Crippen LogP contribution in [0.1, 0.15) is 12.8 Å². The number of aromatic nitrogens is 2. The van der Waals surface area contributed by atoms with Gasteiger partial charge in [0.1, 0.15) is 0 Å². The Balaban J connectivity index is 0.000000160. The summed E-state index contributed by atoms with van der Waals surface area (Å²) < 4.78 is 19.2. The van der Waals surface area contributed by atoms with Crippen LogP contribution < -0.4 is 4.74 Å². The average Bonchev–Trinajstić information content (AvgIpc) is 3.27. The van der Waals surface area contributed by atoms with Crippen molar-refractivity contribution in [3.05, 3.63) is 51.6 Å². The van der Waals surface area contributed by atoms with Crippen molar-refractivity contribution in [2.45, 2.75) is 12.8 Å². The summed E-state index contributed by atoms with van der Waals surface area (Å²) in [5.41, 5.74) is 0. The standard InChI is InChI=1S/C9H10BrNO.C5H3BrFN/c10-8-3-4-9(11-5-8)12-6-7-1-2-7;6-4-1-2-5(7)8-3-4/h3-5,7H,1-2,6H2;1-3H. The van der Waals surface area contributed by atoms with Crippen molar-refractivity contribution in [3.8, 4) is 5.88 Å². The van der Waals surface area contributed by atoms with Gasteiger partial charge in [-0.05, 0) is 68.8 Å². The molecule has 0 atom stereocenters. The molecule has 20 heavy (non-hydrogen) atoms. The smallest absolute Gasteiger partial charge is 0.213 e. The van der Waals surface area contributed by atoms with Gasteiger partial charge >= 0.3 is 0 Å². The minimum Gasteiger partial charge on any atom is -0.477 e. The molecule has 0 saturated heterocycles. The molecule has 0 bridgehead atoms. The Hall–Kier alpha value is -1.01. The fourth-order valence-corrected chi connectivity index (χ4v) is 1.76. The van der Waals surface area contributed by atoms with Gasteiger partial charge in [-0.15, -0.1) is 0 Å². The molecule has 0 amide bonds. The van der Waals surface area contributed by atoms with Crippen LogP contribution in [-0.4, -0.2) is 16.6 Å². The van der Waals surface area contributed by atoms with E-state index >= 15 is 0 Å². The SMILES string of the molecule is Brc1ccc(OCC2CC2)nc1.Fc1ccc(Br)cn1. The van der Waals surface area contributed by atoms with E-state index in [-0.39, 0.29) is 0 Å². The van der Waals surface area contributed by atoms with E-state index in [9.17, 15) is 4.39 Å². The molecule has 1 fully saturated rings. The van der Waals surface area contributed by atoms with Gasteiger partial charge in [0.05, 0.1) is 6.61 Å². The highest BCUT2D eigenvalue weighted by Gasteiger charge is 2.21. The third-order valence-corrected chi connectivity index (χ3v) is 3.49. The summed E-state index contributed by atoms with van der Waals surface area (Å²) in [5, 5.41) is 0. The summed E-state index contributed by atoms with van der Waals surface area (Å²) in [6.07, 6.45) is 5.80. The summed E-state index contributed by atoms with van der Waals surface area (Å²) in [6, 6.07) is 6.72. The molecule has 1 aliphatic rings. The summed E-state index contributed by atoms with van der Waals surface area (Å²) in [4.78, 5) is 7.47. The van der Waals surface area contributed by atoms with Crippen LogP contribution in [0.15, 0.2) is 45.6 Å². The predicted molar refractivity (Wildman–Crippen MR) is 82.1 cm³/mol. The molecule has 3 rings (SSSR count). The quantitative estimate of drug-likeness (QED) is 0.701. The highest BCUT2D eigenvalue weighted by atomic mass is 79.9. The zero-order valence-corrected chi connectivity index (χ0v) is 13.8. The van der Waals surface area contributed by atoms with Gasteiger partial charge in [0, 0.05) is 27.4 Å². The number of hydrogen-bond donors (Lipinski definition) is 0. The molecule has 2 aromatic heterocycles. The monoisotopic (exact) mass is 402 g/mol. The van der Waals surface area contributed by atoms with Crippen molar-refractivity contribution in [2.75, 3.05) is 6.61 Å². The lowest BCUT2D eigenvalue weighted by Crippen LogP contribution is -1.99. The van der Waals surface area contributed by atoms with Crippen molar-refractivity contribution in [2.24, 2.45) is 5.92 Å². The number of pyridine rings is 2. The normalized spacial score (nSPS) is 13.3. The number of hydrogen-bond acceptors (Lipinski definition) is 3. The van der Waals surface area contributed by atoms with Crippen LogP contribution in [0, 0.1) is 11.9 Å². The Morgan fingerprint density at radius 1 is 1.05 bits per heavy atom. The van der Waals surface area contributed by atoms with Crippen molar-refractivity contribution >= 4 is 31.9 Å². The number of rotatable bonds is 3. The molecular weight excluding hydrogens is 391 g/mol. The molecule has 1 aliphatic carbocycles. The second-order valence-electron chi connectivity index (χ2n) is 4.37. The summed E-state index contributed by atoms with van der Waals surface area (Å²) in [5.74, 6) is 1.06. The van der Waals surface area contributed by atoms with E-state index in [4.69, 9.17) is 4.74 Å². The Morgan fingerprint density at radius 3 is 2.15 bits per heavy atom. The molecule has 0 N–H and O–H groups in total. The lowest BCUT2D eigenvalue weighted by molar-refractivity contribution is 0.288. The largest absolute Gasteiger partial charge is 0.477 e. The zero-order chi connectivity index (χ0) is 14.4. The zero-order valence-electron chi connectivity index (χ0n) is 10.6. The first-order chi connectivity index (χ1) is 9.63. The van der Waals surface area contributed by atoms with Crippen LogP contribution in [0.4, 0.5) is 4.39 Å². The van der Waals surface area contributed by atoms with Crippen molar-refractivity contribution in [1.82, 2.24) is 9.97 Å². The van der Waals surface area contributed by atoms with Crippen LogP contribution in [0.25, 0.3) is 0 Å². The van der Waals surface area contributed by atoms with Crippen LogP contribution >= 0.6 is 31.9 Å². The fourth-order valence-electron chi connectivity index (χ4n) is 1.29. The average molecular weight is 404 g/mol.